The molecule has 5 heteroatoms. The first-order valence-corrected chi connectivity index (χ1v) is 8.36. The zero-order valence-electron chi connectivity index (χ0n) is 14.5. The molecule has 0 aliphatic heterocycles. The second-order valence-corrected chi connectivity index (χ2v) is 5.68. The molecular formula is C22H17NO4. The summed E-state index contributed by atoms with van der Waals surface area (Å²) in [7, 11) is 0. The summed E-state index contributed by atoms with van der Waals surface area (Å²) >= 11 is 0. The van der Waals surface area contributed by atoms with Crippen LogP contribution in [-0.4, -0.2) is 24.3 Å². The summed E-state index contributed by atoms with van der Waals surface area (Å²) in [6, 6.07) is 22.3. The minimum absolute atomic E-state index is 0.281. The van der Waals surface area contributed by atoms with Crippen LogP contribution in [-0.2, 0) is 4.79 Å². The van der Waals surface area contributed by atoms with Crippen molar-refractivity contribution < 1.29 is 19.4 Å². The molecule has 0 aromatic heterocycles. The van der Waals surface area contributed by atoms with E-state index in [0.29, 0.717) is 17.9 Å². The molecule has 0 saturated heterocycles. The van der Waals surface area contributed by atoms with Gasteiger partial charge in [0.2, 0.25) is 0 Å². The summed E-state index contributed by atoms with van der Waals surface area (Å²) < 4.78 is 11.4. The van der Waals surface area contributed by atoms with E-state index in [1.807, 2.05) is 60.7 Å². The molecule has 3 aromatic carbocycles. The largest absolute Gasteiger partial charge is 0.490 e. The van der Waals surface area contributed by atoms with Gasteiger partial charge in [-0.25, -0.2) is 4.79 Å². The smallest absolute Gasteiger partial charge is 0.346 e. The standard InChI is InChI=1S/C22H17NO4/c23-15-17(22(24)25)14-20-19-9-5-4-6-16(19)10-11-21(20)27-13-12-26-18-7-2-1-3-8-18/h1-11,14H,12-13H2,(H,24,25). The van der Waals surface area contributed by atoms with Crippen molar-refractivity contribution in [1.82, 2.24) is 0 Å². The van der Waals surface area contributed by atoms with Crippen molar-refractivity contribution in [3.8, 4) is 17.6 Å². The highest BCUT2D eigenvalue weighted by Crippen LogP contribution is 2.30. The molecule has 3 rings (SSSR count). The fourth-order valence-electron chi connectivity index (χ4n) is 2.66. The average molecular weight is 359 g/mol. The third-order valence-electron chi connectivity index (χ3n) is 3.92. The quantitative estimate of drug-likeness (QED) is 0.387. The van der Waals surface area contributed by atoms with Gasteiger partial charge in [0.1, 0.15) is 36.4 Å². The number of benzene rings is 3. The molecule has 0 aliphatic rings. The summed E-state index contributed by atoms with van der Waals surface area (Å²) in [5, 5.41) is 20.0. The summed E-state index contributed by atoms with van der Waals surface area (Å²) in [6.45, 7) is 0.618. The summed E-state index contributed by atoms with van der Waals surface area (Å²) in [5.41, 5.74) is 0.212. The number of rotatable bonds is 7. The van der Waals surface area contributed by atoms with Crippen LogP contribution in [0, 0.1) is 11.3 Å². The predicted octanol–water partition coefficient (Wildman–Crippen LogP) is 4.29. The minimum atomic E-state index is -1.27. The molecule has 0 spiro atoms. The Balaban J connectivity index is 1.85. The second-order valence-electron chi connectivity index (χ2n) is 5.68. The van der Waals surface area contributed by atoms with E-state index in [1.165, 1.54) is 6.08 Å². The molecule has 5 nitrogen and oxygen atoms in total. The van der Waals surface area contributed by atoms with Crippen molar-refractivity contribution in [2.75, 3.05) is 13.2 Å². The van der Waals surface area contributed by atoms with Crippen LogP contribution in [0.25, 0.3) is 16.8 Å². The predicted molar refractivity (Wildman–Crippen MR) is 103 cm³/mol. The first kappa shape index (κ1) is 18.0. The van der Waals surface area contributed by atoms with Gasteiger partial charge in [-0.05, 0) is 35.0 Å². The van der Waals surface area contributed by atoms with Gasteiger partial charge in [0.15, 0.2) is 0 Å². The van der Waals surface area contributed by atoms with E-state index in [9.17, 15) is 9.90 Å². The van der Waals surface area contributed by atoms with Crippen LogP contribution in [0.5, 0.6) is 11.5 Å². The molecule has 0 aliphatic carbocycles. The normalized spacial score (nSPS) is 11.0. The van der Waals surface area contributed by atoms with E-state index >= 15 is 0 Å². The van der Waals surface area contributed by atoms with Gasteiger partial charge in [-0.3, -0.25) is 0 Å². The number of carboxylic acids is 1. The van der Waals surface area contributed by atoms with Crippen LogP contribution in [0.4, 0.5) is 0 Å². The maximum absolute atomic E-state index is 11.2. The Hall–Kier alpha value is -3.78. The van der Waals surface area contributed by atoms with E-state index in [0.717, 1.165) is 16.5 Å². The van der Waals surface area contributed by atoms with Crippen LogP contribution in [0.3, 0.4) is 0 Å². The molecular weight excluding hydrogens is 342 g/mol. The molecule has 0 unspecified atom stereocenters. The van der Waals surface area contributed by atoms with Gasteiger partial charge in [0.25, 0.3) is 0 Å². The maximum atomic E-state index is 11.2. The highest BCUT2D eigenvalue weighted by molar-refractivity contribution is 6.01. The van der Waals surface area contributed by atoms with Crippen LogP contribution in [0.1, 0.15) is 5.56 Å². The third-order valence-corrected chi connectivity index (χ3v) is 3.92. The Labute approximate surface area is 156 Å². The van der Waals surface area contributed by atoms with Crippen LogP contribution < -0.4 is 9.47 Å². The van der Waals surface area contributed by atoms with Crippen LogP contribution in [0.2, 0.25) is 0 Å². The number of carboxylic acid groups (broad SMARTS) is 1. The van der Waals surface area contributed by atoms with E-state index in [-0.39, 0.29) is 12.2 Å². The van der Waals surface area contributed by atoms with E-state index in [2.05, 4.69) is 0 Å². The summed E-state index contributed by atoms with van der Waals surface area (Å²) in [5.74, 6) is -0.0273. The Kier molecular flexibility index (Phi) is 5.70. The highest BCUT2D eigenvalue weighted by atomic mass is 16.5. The lowest BCUT2D eigenvalue weighted by molar-refractivity contribution is -0.132. The van der Waals surface area contributed by atoms with Crippen LogP contribution in [0.15, 0.2) is 72.3 Å². The van der Waals surface area contributed by atoms with Crippen molar-refractivity contribution in [2.45, 2.75) is 0 Å². The molecule has 3 aromatic rings. The van der Waals surface area contributed by atoms with Crippen molar-refractivity contribution in [3.63, 3.8) is 0 Å². The van der Waals surface area contributed by atoms with Crippen molar-refractivity contribution in [1.29, 1.82) is 5.26 Å². The van der Waals surface area contributed by atoms with E-state index in [4.69, 9.17) is 14.7 Å². The van der Waals surface area contributed by atoms with Gasteiger partial charge in [-0.15, -0.1) is 0 Å². The third kappa shape index (κ3) is 4.44. The molecule has 0 fully saturated rings. The monoisotopic (exact) mass is 359 g/mol. The molecule has 0 saturated carbocycles. The van der Waals surface area contributed by atoms with Gasteiger partial charge in [-0.2, -0.15) is 5.26 Å². The lowest BCUT2D eigenvalue weighted by Gasteiger charge is -2.13. The zero-order valence-corrected chi connectivity index (χ0v) is 14.5. The first-order valence-electron chi connectivity index (χ1n) is 8.36. The number of hydrogen-bond donors (Lipinski definition) is 1. The number of carbonyl (C=O) groups is 1. The fourth-order valence-corrected chi connectivity index (χ4v) is 2.66. The topological polar surface area (TPSA) is 79.5 Å². The fraction of sp³-hybridized carbons (Fsp3) is 0.0909. The van der Waals surface area contributed by atoms with Gasteiger partial charge in [0.05, 0.1) is 0 Å². The van der Waals surface area contributed by atoms with Crippen molar-refractivity contribution in [2.24, 2.45) is 0 Å². The number of nitriles is 1. The summed E-state index contributed by atoms with van der Waals surface area (Å²) in [4.78, 5) is 11.2. The molecule has 0 heterocycles. The number of fused-ring (bicyclic) bond motifs is 1. The highest BCUT2D eigenvalue weighted by Gasteiger charge is 2.12. The van der Waals surface area contributed by atoms with Gasteiger partial charge in [-0.1, -0.05) is 48.5 Å². The molecule has 0 amide bonds. The second kappa shape index (κ2) is 8.54. The van der Waals surface area contributed by atoms with Gasteiger partial charge >= 0.3 is 5.97 Å². The Morgan fingerprint density at radius 1 is 0.963 bits per heavy atom. The molecule has 1 N–H and O–H groups in total. The lowest BCUT2D eigenvalue weighted by atomic mass is 10.0. The van der Waals surface area contributed by atoms with Crippen molar-refractivity contribution in [3.05, 3.63) is 77.9 Å². The maximum Gasteiger partial charge on any atom is 0.346 e. The Morgan fingerprint density at radius 2 is 1.67 bits per heavy atom. The number of hydrogen-bond acceptors (Lipinski definition) is 4. The van der Waals surface area contributed by atoms with Gasteiger partial charge in [0, 0.05) is 5.56 Å². The SMILES string of the molecule is N#CC(=Cc1c(OCCOc2ccccc2)ccc2ccccc12)C(=O)O. The number of nitrogens with zero attached hydrogens (tertiary/aromatic N) is 1. The number of ether oxygens (including phenoxy) is 2. The number of aliphatic carboxylic acids is 1. The zero-order chi connectivity index (χ0) is 19.1. The minimum Gasteiger partial charge on any atom is -0.490 e. The van der Waals surface area contributed by atoms with E-state index < -0.39 is 5.97 Å². The number of para-hydroxylation sites is 1. The van der Waals surface area contributed by atoms with Gasteiger partial charge < -0.3 is 14.6 Å². The van der Waals surface area contributed by atoms with E-state index in [1.54, 1.807) is 12.1 Å². The molecule has 0 bridgehead atoms. The average Bonchev–Trinajstić information content (AvgIpc) is 2.70. The van der Waals surface area contributed by atoms with Crippen LogP contribution >= 0.6 is 0 Å². The van der Waals surface area contributed by atoms with Crippen molar-refractivity contribution >= 4 is 22.8 Å². The Morgan fingerprint density at radius 3 is 2.41 bits per heavy atom. The summed E-state index contributed by atoms with van der Waals surface area (Å²) in [6.07, 6.45) is 1.35. The molecule has 0 atom stereocenters. The molecule has 134 valence electrons. The molecule has 27 heavy (non-hydrogen) atoms. The first-order chi connectivity index (χ1) is 13.2. The Bertz CT molecular complexity index is 1020. The molecule has 0 radical (unpaired) electrons. The lowest BCUT2D eigenvalue weighted by Crippen LogP contribution is -2.09.